The van der Waals surface area contributed by atoms with Crippen LogP contribution in [0.25, 0.3) is 0 Å². The van der Waals surface area contributed by atoms with Gasteiger partial charge in [0.1, 0.15) is 5.69 Å². The van der Waals surface area contributed by atoms with Gasteiger partial charge in [-0.25, -0.2) is 13.8 Å². The minimum atomic E-state index is -1.11. The number of amides is 1. The summed E-state index contributed by atoms with van der Waals surface area (Å²) in [6.07, 6.45) is 0. The first-order chi connectivity index (χ1) is 8.08. The molecule has 0 unspecified atom stereocenters. The van der Waals surface area contributed by atoms with E-state index in [1.165, 1.54) is 17.5 Å². The molecule has 0 saturated heterocycles. The van der Waals surface area contributed by atoms with Crippen molar-refractivity contribution in [2.24, 2.45) is 0 Å². The van der Waals surface area contributed by atoms with Crippen molar-refractivity contribution < 1.29 is 13.6 Å². The number of nitrogens with one attached hydrogen (secondary N) is 1. The van der Waals surface area contributed by atoms with E-state index in [4.69, 9.17) is 5.73 Å². The van der Waals surface area contributed by atoms with E-state index in [9.17, 15) is 13.6 Å². The van der Waals surface area contributed by atoms with Gasteiger partial charge in [-0.15, -0.1) is 11.3 Å². The second-order valence-electron chi connectivity index (χ2n) is 3.13. The van der Waals surface area contributed by atoms with E-state index in [0.29, 0.717) is 0 Å². The van der Waals surface area contributed by atoms with Crippen LogP contribution in [0.3, 0.4) is 0 Å². The summed E-state index contributed by atoms with van der Waals surface area (Å²) in [6, 6.07) is 3.52. The minimum Gasteiger partial charge on any atom is -0.375 e. The van der Waals surface area contributed by atoms with Crippen molar-refractivity contribution in [3.63, 3.8) is 0 Å². The van der Waals surface area contributed by atoms with Gasteiger partial charge in [-0.1, -0.05) is 6.07 Å². The van der Waals surface area contributed by atoms with Crippen molar-refractivity contribution in [1.82, 2.24) is 4.98 Å². The Morgan fingerprint density at radius 1 is 1.41 bits per heavy atom. The number of aromatic nitrogens is 1. The Bertz CT molecular complexity index is 570. The van der Waals surface area contributed by atoms with Gasteiger partial charge in [0.2, 0.25) is 0 Å². The summed E-state index contributed by atoms with van der Waals surface area (Å²) in [4.78, 5) is 15.3. The molecule has 1 amide bonds. The summed E-state index contributed by atoms with van der Waals surface area (Å²) in [7, 11) is 0. The second-order valence-corrected chi connectivity index (χ2v) is 4.02. The number of rotatable bonds is 2. The third-order valence-corrected chi connectivity index (χ3v) is 2.63. The van der Waals surface area contributed by atoms with Gasteiger partial charge >= 0.3 is 0 Å². The van der Waals surface area contributed by atoms with Crippen LogP contribution in [-0.2, 0) is 0 Å². The van der Waals surface area contributed by atoms with Gasteiger partial charge in [-0.2, -0.15) is 0 Å². The number of nitrogens with zero attached hydrogens (tertiary/aromatic N) is 1. The molecule has 1 aromatic carbocycles. The van der Waals surface area contributed by atoms with Crippen LogP contribution < -0.4 is 11.1 Å². The molecule has 0 fully saturated rings. The number of benzene rings is 1. The van der Waals surface area contributed by atoms with Gasteiger partial charge in [0.15, 0.2) is 16.8 Å². The Kier molecular flexibility index (Phi) is 3.01. The maximum Gasteiger partial charge on any atom is 0.275 e. The average Bonchev–Trinajstić information content (AvgIpc) is 2.72. The van der Waals surface area contributed by atoms with Gasteiger partial charge < -0.3 is 11.1 Å². The largest absolute Gasteiger partial charge is 0.375 e. The Balaban J connectivity index is 2.21. The number of halogens is 2. The molecule has 0 aliphatic heterocycles. The number of nitrogens with two attached hydrogens (primary N) is 1. The van der Waals surface area contributed by atoms with Crippen molar-refractivity contribution in [3.8, 4) is 0 Å². The maximum absolute atomic E-state index is 13.3. The van der Waals surface area contributed by atoms with E-state index in [1.54, 1.807) is 0 Å². The number of hydrogen-bond acceptors (Lipinski definition) is 4. The Labute approximate surface area is 99.1 Å². The van der Waals surface area contributed by atoms with Crippen LogP contribution >= 0.6 is 11.3 Å². The van der Waals surface area contributed by atoms with Gasteiger partial charge in [0.25, 0.3) is 5.91 Å². The van der Waals surface area contributed by atoms with E-state index in [2.05, 4.69) is 10.3 Å². The average molecular weight is 255 g/mol. The summed E-state index contributed by atoms with van der Waals surface area (Å²) in [5.74, 6) is -2.77. The van der Waals surface area contributed by atoms with E-state index in [0.717, 1.165) is 17.4 Å². The molecule has 0 saturated carbocycles. The standard InChI is InChI=1S/C10H7F2N3OS/c11-5-2-1-3-6(8(5)12)14-9(16)7-4-17-10(13)15-7/h1-4H,(H2,13,15)(H,14,16). The topological polar surface area (TPSA) is 68.0 Å². The van der Waals surface area contributed by atoms with Crippen molar-refractivity contribution in [1.29, 1.82) is 0 Å². The highest BCUT2D eigenvalue weighted by molar-refractivity contribution is 7.13. The molecule has 0 aliphatic rings. The normalized spacial score (nSPS) is 10.2. The van der Waals surface area contributed by atoms with Crippen LogP contribution in [0.5, 0.6) is 0 Å². The molecule has 7 heteroatoms. The summed E-state index contributed by atoms with van der Waals surface area (Å²) in [5, 5.41) is 3.88. The molecule has 2 aromatic rings. The number of anilines is 2. The third-order valence-electron chi connectivity index (χ3n) is 1.95. The fourth-order valence-electron chi connectivity index (χ4n) is 1.18. The summed E-state index contributed by atoms with van der Waals surface area (Å²) < 4.78 is 26.1. The zero-order valence-electron chi connectivity index (χ0n) is 8.41. The molecular formula is C10H7F2N3OS. The summed E-state index contributed by atoms with van der Waals surface area (Å²) >= 11 is 1.09. The molecular weight excluding hydrogens is 248 g/mol. The van der Waals surface area contributed by atoms with E-state index < -0.39 is 17.5 Å². The third kappa shape index (κ3) is 2.39. The predicted octanol–water partition coefficient (Wildman–Crippen LogP) is 2.26. The van der Waals surface area contributed by atoms with Crippen LogP contribution in [0.4, 0.5) is 19.6 Å². The second kappa shape index (κ2) is 4.46. The lowest BCUT2D eigenvalue weighted by molar-refractivity contribution is 0.102. The Morgan fingerprint density at radius 3 is 2.82 bits per heavy atom. The maximum atomic E-state index is 13.3. The molecule has 3 N–H and O–H groups in total. The van der Waals surface area contributed by atoms with Gasteiger partial charge in [0, 0.05) is 5.38 Å². The zero-order chi connectivity index (χ0) is 12.4. The lowest BCUT2D eigenvalue weighted by Gasteiger charge is -2.04. The number of thiazole rings is 1. The molecule has 0 atom stereocenters. The molecule has 0 radical (unpaired) electrons. The first kappa shape index (κ1) is 11.5. The van der Waals surface area contributed by atoms with E-state index >= 15 is 0 Å². The number of nitrogen functional groups attached to an aromatic ring is 1. The molecule has 4 nitrogen and oxygen atoms in total. The lowest BCUT2D eigenvalue weighted by atomic mass is 10.3. The fourth-order valence-corrected chi connectivity index (χ4v) is 1.72. The first-order valence-corrected chi connectivity index (χ1v) is 5.42. The lowest BCUT2D eigenvalue weighted by Crippen LogP contribution is -2.14. The van der Waals surface area contributed by atoms with E-state index in [-0.39, 0.29) is 16.5 Å². The molecule has 0 aliphatic carbocycles. The molecule has 17 heavy (non-hydrogen) atoms. The van der Waals surface area contributed by atoms with Crippen LogP contribution in [0.2, 0.25) is 0 Å². The van der Waals surface area contributed by atoms with Gasteiger partial charge in [0.05, 0.1) is 5.69 Å². The van der Waals surface area contributed by atoms with Gasteiger partial charge in [-0.05, 0) is 12.1 Å². The monoisotopic (exact) mass is 255 g/mol. The summed E-state index contributed by atoms with van der Waals surface area (Å²) in [5.41, 5.74) is 5.19. The van der Waals surface area contributed by atoms with Crippen LogP contribution in [0.1, 0.15) is 10.5 Å². The van der Waals surface area contributed by atoms with E-state index in [1.807, 2.05) is 0 Å². The first-order valence-electron chi connectivity index (χ1n) is 4.54. The van der Waals surface area contributed by atoms with Crippen molar-refractivity contribution in [2.45, 2.75) is 0 Å². The number of carbonyl (C=O) groups is 1. The SMILES string of the molecule is Nc1nc(C(=O)Nc2cccc(F)c2F)cs1. The van der Waals surface area contributed by atoms with Crippen molar-refractivity contribution in [2.75, 3.05) is 11.1 Å². The quantitative estimate of drug-likeness (QED) is 0.864. The predicted molar refractivity (Wildman–Crippen MR) is 60.8 cm³/mol. The molecule has 2 rings (SSSR count). The molecule has 1 aromatic heterocycles. The van der Waals surface area contributed by atoms with Crippen molar-refractivity contribution >= 4 is 28.1 Å². The Hall–Kier alpha value is -2.02. The highest BCUT2D eigenvalue weighted by Gasteiger charge is 2.14. The highest BCUT2D eigenvalue weighted by Crippen LogP contribution is 2.18. The summed E-state index contributed by atoms with van der Waals surface area (Å²) in [6.45, 7) is 0. The smallest absolute Gasteiger partial charge is 0.275 e. The van der Waals surface area contributed by atoms with Crippen molar-refractivity contribution in [3.05, 3.63) is 40.9 Å². The molecule has 1 heterocycles. The molecule has 0 bridgehead atoms. The van der Waals surface area contributed by atoms with Crippen LogP contribution in [0, 0.1) is 11.6 Å². The highest BCUT2D eigenvalue weighted by atomic mass is 32.1. The van der Waals surface area contributed by atoms with Crippen LogP contribution in [-0.4, -0.2) is 10.9 Å². The molecule has 0 spiro atoms. The minimum absolute atomic E-state index is 0.0659. The fraction of sp³-hybridized carbons (Fsp3) is 0. The Morgan fingerprint density at radius 2 is 2.18 bits per heavy atom. The number of carbonyl (C=O) groups excluding carboxylic acids is 1. The van der Waals surface area contributed by atoms with Gasteiger partial charge in [-0.3, -0.25) is 4.79 Å². The molecule has 88 valence electrons. The van der Waals surface area contributed by atoms with Crippen LogP contribution in [0.15, 0.2) is 23.6 Å². The number of hydrogen-bond donors (Lipinski definition) is 2. The zero-order valence-corrected chi connectivity index (χ0v) is 9.22.